The fraction of sp³-hybridized carbons (Fsp3) is 0.469. The molecule has 236 valence electrons. The minimum Gasteiger partial charge on any atom is -0.399 e. The summed E-state index contributed by atoms with van der Waals surface area (Å²) in [5, 5.41) is 6.07. The standard InChI is InChI=1S/C32H47N5O5S/c1-10-22-20-24(33)16-17-25(22)43(41,42)36-28(38)21(2)18-19-37(9)30(40)27(31(3,4)5)35-29(39)26(34-8)32(6,7)23-14-12-11-13-15-23/h11-18,20,26-27,34H,10,19,33H2,1-9H3,(H,35,39)(H,36,38)/b21-18+/t26-,27?/m1/s1. The van der Waals surface area contributed by atoms with E-state index in [0.29, 0.717) is 17.7 Å². The van der Waals surface area contributed by atoms with Crippen LogP contribution in [0.3, 0.4) is 0 Å². The highest BCUT2D eigenvalue weighted by Crippen LogP contribution is 2.28. The van der Waals surface area contributed by atoms with Gasteiger partial charge < -0.3 is 21.3 Å². The quantitative estimate of drug-likeness (QED) is 0.212. The fourth-order valence-electron chi connectivity index (χ4n) is 4.80. The van der Waals surface area contributed by atoms with Gasteiger partial charge in [0.05, 0.1) is 10.9 Å². The molecule has 0 heterocycles. The topological polar surface area (TPSA) is 151 Å². The van der Waals surface area contributed by atoms with Crippen molar-refractivity contribution in [1.29, 1.82) is 0 Å². The molecular formula is C32H47N5O5S. The van der Waals surface area contributed by atoms with Crippen molar-refractivity contribution in [2.45, 2.75) is 77.3 Å². The van der Waals surface area contributed by atoms with Gasteiger partial charge in [0, 0.05) is 30.3 Å². The smallest absolute Gasteiger partial charge is 0.264 e. The highest BCUT2D eigenvalue weighted by molar-refractivity contribution is 7.90. The summed E-state index contributed by atoms with van der Waals surface area (Å²) in [6, 6.07) is 12.6. The van der Waals surface area contributed by atoms with Gasteiger partial charge in [0.1, 0.15) is 6.04 Å². The molecule has 5 N–H and O–H groups in total. The van der Waals surface area contributed by atoms with Gasteiger partial charge in [-0.3, -0.25) is 14.4 Å². The minimum absolute atomic E-state index is 0.0169. The second-order valence-corrected chi connectivity index (χ2v) is 14.0. The number of carbonyl (C=O) groups excluding carboxylic acids is 3. The van der Waals surface area contributed by atoms with Gasteiger partial charge in [0.15, 0.2) is 0 Å². The molecule has 0 saturated heterocycles. The average Bonchev–Trinajstić information content (AvgIpc) is 2.93. The number of anilines is 1. The predicted octanol–water partition coefficient (Wildman–Crippen LogP) is 3.14. The summed E-state index contributed by atoms with van der Waals surface area (Å²) < 4.78 is 27.9. The molecular weight excluding hydrogens is 566 g/mol. The lowest BCUT2D eigenvalue weighted by Crippen LogP contribution is -2.60. The molecule has 0 spiro atoms. The van der Waals surface area contributed by atoms with Crippen LogP contribution >= 0.6 is 0 Å². The molecule has 43 heavy (non-hydrogen) atoms. The van der Waals surface area contributed by atoms with E-state index in [0.717, 1.165) is 5.56 Å². The van der Waals surface area contributed by atoms with Gasteiger partial charge in [-0.1, -0.05) is 78.0 Å². The molecule has 11 heteroatoms. The third kappa shape index (κ3) is 8.90. The van der Waals surface area contributed by atoms with Crippen LogP contribution in [0.1, 0.15) is 59.6 Å². The highest BCUT2D eigenvalue weighted by atomic mass is 32.2. The SMILES string of the molecule is CCc1cc(N)ccc1S(=O)(=O)NC(=O)/C(C)=C/CN(C)C(=O)C(NC(=O)[C@@H](NC)C(C)(C)c1ccccc1)C(C)(C)C. The van der Waals surface area contributed by atoms with Gasteiger partial charge >= 0.3 is 0 Å². The molecule has 1 unspecified atom stereocenters. The van der Waals surface area contributed by atoms with E-state index < -0.39 is 38.8 Å². The number of amides is 3. The number of hydrogen-bond acceptors (Lipinski definition) is 7. The van der Waals surface area contributed by atoms with Crippen LogP contribution in [0.2, 0.25) is 0 Å². The van der Waals surface area contributed by atoms with Crippen molar-refractivity contribution in [1.82, 2.24) is 20.3 Å². The fourth-order valence-corrected chi connectivity index (χ4v) is 6.11. The van der Waals surface area contributed by atoms with Crippen molar-refractivity contribution in [3.05, 3.63) is 71.3 Å². The number of benzene rings is 2. The van der Waals surface area contributed by atoms with Crippen LogP contribution in [0.4, 0.5) is 5.69 Å². The lowest BCUT2D eigenvalue weighted by atomic mass is 9.76. The zero-order valence-electron chi connectivity index (χ0n) is 26.7. The summed E-state index contributed by atoms with van der Waals surface area (Å²) >= 11 is 0. The summed E-state index contributed by atoms with van der Waals surface area (Å²) in [7, 11) is -0.859. The van der Waals surface area contributed by atoms with Crippen LogP contribution in [0.25, 0.3) is 0 Å². The van der Waals surface area contributed by atoms with Crippen molar-refractivity contribution in [3.63, 3.8) is 0 Å². The largest absolute Gasteiger partial charge is 0.399 e. The van der Waals surface area contributed by atoms with Crippen LogP contribution in [0, 0.1) is 5.41 Å². The van der Waals surface area contributed by atoms with Gasteiger partial charge in [-0.15, -0.1) is 0 Å². The van der Waals surface area contributed by atoms with Gasteiger partial charge in [0.2, 0.25) is 11.8 Å². The molecule has 10 nitrogen and oxygen atoms in total. The van der Waals surface area contributed by atoms with Crippen LogP contribution in [-0.2, 0) is 36.2 Å². The number of carbonyl (C=O) groups is 3. The van der Waals surface area contributed by atoms with E-state index in [1.165, 1.54) is 30.0 Å². The predicted molar refractivity (Wildman–Crippen MR) is 171 cm³/mol. The van der Waals surface area contributed by atoms with E-state index in [4.69, 9.17) is 5.73 Å². The Hall–Kier alpha value is -3.70. The Balaban J connectivity index is 2.18. The summed E-state index contributed by atoms with van der Waals surface area (Å²) in [4.78, 5) is 41.3. The number of nitrogens with zero attached hydrogens (tertiary/aromatic N) is 1. The third-order valence-electron chi connectivity index (χ3n) is 7.58. The molecule has 0 aliphatic carbocycles. The number of sulfonamides is 1. The zero-order valence-corrected chi connectivity index (χ0v) is 27.6. The van der Waals surface area contributed by atoms with E-state index in [-0.39, 0.29) is 28.8 Å². The highest BCUT2D eigenvalue weighted by Gasteiger charge is 2.40. The third-order valence-corrected chi connectivity index (χ3v) is 9.01. The first-order valence-corrected chi connectivity index (χ1v) is 15.8. The summed E-state index contributed by atoms with van der Waals surface area (Å²) in [5.74, 6) is -1.47. The number of hydrogen-bond donors (Lipinski definition) is 4. The Morgan fingerprint density at radius 1 is 1.00 bits per heavy atom. The van der Waals surface area contributed by atoms with Crippen molar-refractivity contribution < 1.29 is 22.8 Å². The van der Waals surface area contributed by atoms with Crippen molar-refractivity contribution >= 4 is 33.4 Å². The van der Waals surface area contributed by atoms with Gasteiger partial charge in [-0.05, 0) is 55.1 Å². The van der Waals surface area contributed by atoms with E-state index in [1.807, 2.05) is 65.0 Å². The summed E-state index contributed by atoms with van der Waals surface area (Å²) in [6.07, 6.45) is 1.89. The Morgan fingerprint density at radius 3 is 2.14 bits per heavy atom. The number of rotatable bonds is 12. The molecule has 0 aliphatic heterocycles. The maximum absolute atomic E-state index is 13.6. The van der Waals surface area contributed by atoms with Crippen LogP contribution in [-0.4, -0.2) is 63.8 Å². The van der Waals surface area contributed by atoms with Gasteiger partial charge in [0.25, 0.3) is 15.9 Å². The van der Waals surface area contributed by atoms with E-state index in [1.54, 1.807) is 27.1 Å². The Morgan fingerprint density at radius 2 is 1.60 bits per heavy atom. The Labute approximate surface area is 256 Å². The summed E-state index contributed by atoms with van der Waals surface area (Å²) in [5.41, 5.74) is 6.59. The van der Waals surface area contributed by atoms with Crippen LogP contribution < -0.4 is 21.1 Å². The first-order valence-electron chi connectivity index (χ1n) is 14.3. The lowest BCUT2D eigenvalue weighted by Gasteiger charge is -2.38. The molecule has 3 amide bonds. The van der Waals surface area contributed by atoms with E-state index in [2.05, 4.69) is 15.4 Å². The molecule has 0 aliphatic rings. The summed E-state index contributed by atoms with van der Waals surface area (Å²) in [6.45, 7) is 12.8. The second-order valence-electron chi connectivity index (χ2n) is 12.4. The van der Waals surface area contributed by atoms with Crippen LogP contribution in [0.15, 0.2) is 65.1 Å². The first kappa shape index (κ1) is 35.5. The Kier molecular flexibility index (Phi) is 11.7. The molecule has 2 aromatic carbocycles. The Bertz CT molecular complexity index is 1450. The first-order chi connectivity index (χ1) is 19.9. The van der Waals surface area contributed by atoms with Crippen LogP contribution in [0.5, 0.6) is 0 Å². The maximum atomic E-state index is 13.6. The monoisotopic (exact) mass is 613 g/mol. The maximum Gasteiger partial charge on any atom is 0.264 e. The average molecular weight is 614 g/mol. The molecule has 0 radical (unpaired) electrons. The van der Waals surface area contributed by atoms with E-state index >= 15 is 0 Å². The van der Waals surface area contributed by atoms with Crippen molar-refractivity contribution in [3.8, 4) is 0 Å². The second kappa shape index (κ2) is 14.2. The van der Waals surface area contributed by atoms with Crippen molar-refractivity contribution in [2.24, 2.45) is 5.41 Å². The molecule has 2 rings (SSSR count). The molecule has 0 fully saturated rings. The molecule has 0 bridgehead atoms. The number of nitrogens with one attached hydrogen (secondary N) is 3. The number of nitrogens with two attached hydrogens (primary N) is 1. The number of likely N-dealkylation sites (N-methyl/N-ethyl adjacent to an activating group) is 2. The number of nitrogen functional groups attached to an aromatic ring is 1. The molecule has 2 aromatic rings. The zero-order chi connectivity index (χ0) is 32.8. The van der Waals surface area contributed by atoms with Gasteiger partial charge in [-0.2, -0.15) is 0 Å². The van der Waals surface area contributed by atoms with E-state index in [9.17, 15) is 22.8 Å². The lowest BCUT2D eigenvalue weighted by molar-refractivity contribution is -0.139. The normalized spacial score (nSPS) is 14.0. The minimum atomic E-state index is -4.14. The molecule has 0 saturated carbocycles. The number of aryl methyl sites for hydroxylation is 1. The molecule has 2 atom stereocenters. The van der Waals surface area contributed by atoms with Crippen molar-refractivity contribution in [2.75, 3.05) is 26.4 Å². The van der Waals surface area contributed by atoms with Gasteiger partial charge in [-0.25, -0.2) is 13.1 Å². The molecule has 0 aromatic heterocycles.